The lowest BCUT2D eigenvalue weighted by Crippen LogP contribution is -2.32. The van der Waals surface area contributed by atoms with E-state index in [0.717, 1.165) is 24.5 Å². The van der Waals surface area contributed by atoms with Gasteiger partial charge in [0.15, 0.2) is 5.82 Å². The normalized spacial score (nSPS) is 18.4. The summed E-state index contributed by atoms with van der Waals surface area (Å²) in [6, 6.07) is 7.90. The van der Waals surface area contributed by atoms with E-state index in [2.05, 4.69) is 14.7 Å². The highest BCUT2D eigenvalue weighted by Crippen LogP contribution is 2.46. The number of alkyl halides is 3. The highest BCUT2D eigenvalue weighted by atomic mass is 127. The largest absolute Gasteiger partial charge is 0.493 e. The Morgan fingerprint density at radius 3 is 2.39 bits per heavy atom. The minimum absolute atomic E-state index is 0.124. The Labute approximate surface area is 200 Å². The Morgan fingerprint density at radius 2 is 1.76 bits per heavy atom. The standard InChI is InChI=1S/C21H16F4IN3O3S/c1-20(15-4-2-12(8-17(15)26)21(23,24)25)6-7-32-18-9-14(3-5-16(18)20)33(30,31)29-19-27-10-13(22)11-28-19/h2-5,8-11H,6-7H2,1H3,(H,27,28,29)/t20-/m0/s1. The van der Waals surface area contributed by atoms with E-state index in [-0.39, 0.29) is 17.5 Å². The second-order valence-corrected chi connectivity index (χ2v) is 10.5. The Bertz CT molecular complexity index is 1320. The van der Waals surface area contributed by atoms with Gasteiger partial charge in [-0.25, -0.2) is 27.5 Å². The lowest BCUT2D eigenvalue weighted by molar-refractivity contribution is -0.137. The fourth-order valence-corrected chi connectivity index (χ4v) is 5.79. The molecule has 0 fully saturated rings. The van der Waals surface area contributed by atoms with Crippen molar-refractivity contribution in [1.29, 1.82) is 0 Å². The minimum Gasteiger partial charge on any atom is -0.493 e. The first-order valence-corrected chi connectivity index (χ1v) is 12.1. The number of rotatable bonds is 4. The molecular weight excluding hydrogens is 577 g/mol. The molecule has 0 saturated carbocycles. The van der Waals surface area contributed by atoms with Crippen molar-refractivity contribution in [1.82, 2.24) is 9.97 Å². The van der Waals surface area contributed by atoms with E-state index >= 15 is 0 Å². The SMILES string of the molecule is C[C@@]1(c2ccc(C(F)(F)F)cc2I)CCOc2cc(S(=O)(=O)Nc3ncc(F)cn3)ccc21. The number of sulfonamides is 1. The summed E-state index contributed by atoms with van der Waals surface area (Å²) in [5, 5.41) is 0. The molecule has 2 aromatic carbocycles. The van der Waals surface area contributed by atoms with Gasteiger partial charge in [-0.3, -0.25) is 0 Å². The van der Waals surface area contributed by atoms with Crippen molar-refractivity contribution in [2.75, 3.05) is 11.3 Å². The number of anilines is 1. The fourth-order valence-electron chi connectivity index (χ4n) is 3.71. The first kappa shape index (κ1) is 23.7. The molecule has 1 aromatic heterocycles. The molecule has 4 rings (SSSR count). The summed E-state index contributed by atoms with van der Waals surface area (Å²) in [4.78, 5) is 7.04. The molecule has 0 spiro atoms. The van der Waals surface area contributed by atoms with E-state index in [0.29, 0.717) is 26.9 Å². The molecule has 0 aliphatic carbocycles. The van der Waals surface area contributed by atoms with Crippen LogP contribution in [0.3, 0.4) is 0 Å². The van der Waals surface area contributed by atoms with Gasteiger partial charge in [0.2, 0.25) is 5.95 Å². The van der Waals surface area contributed by atoms with Gasteiger partial charge in [-0.05, 0) is 52.8 Å². The zero-order valence-corrected chi connectivity index (χ0v) is 19.9. The topological polar surface area (TPSA) is 81.2 Å². The molecule has 3 aromatic rings. The number of nitrogens with zero attached hydrogens (tertiary/aromatic N) is 2. The third-order valence-electron chi connectivity index (χ3n) is 5.45. The van der Waals surface area contributed by atoms with E-state index < -0.39 is 33.0 Å². The van der Waals surface area contributed by atoms with Gasteiger partial charge in [-0.2, -0.15) is 13.2 Å². The number of halogens is 5. The number of hydrogen-bond acceptors (Lipinski definition) is 5. The van der Waals surface area contributed by atoms with Crippen LogP contribution in [0.2, 0.25) is 0 Å². The van der Waals surface area contributed by atoms with Crippen molar-refractivity contribution in [3.63, 3.8) is 0 Å². The first-order valence-electron chi connectivity index (χ1n) is 9.55. The number of fused-ring (bicyclic) bond motifs is 1. The molecule has 0 bridgehead atoms. The summed E-state index contributed by atoms with van der Waals surface area (Å²) in [5.41, 5.74) is -0.0797. The number of aromatic nitrogens is 2. The number of nitrogens with one attached hydrogen (secondary N) is 1. The molecule has 0 saturated heterocycles. The maximum Gasteiger partial charge on any atom is 0.416 e. The number of hydrogen-bond donors (Lipinski definition) is 1. The van der Waals surface area contributed by atoms with Crippen LogP contribution in [0.1, 0.15) is 30.0 Å². The Kier molecular flexibility index (Phi) is 6.01. The highest BCUT2D eigenvalue weighted by molar-refractivity contribution is 14.1. The molecule has 174 valence electrons. The van der Waals surface area contributed by atoms with Crippen molar-refractivity contribution in [3.8, 4) is 5.75 Å². The predicted octanol–water partition coefficient (Wildman–Crippen LogP) is 5.13. The maximum atomic E-state index is 13.1. The van der Waals surface area contributed by atoms with Crippen LogP contribution in [-0.4, -0.2) is 25.0 Å². The second-order valence-electron chi connectivity index (χ2n) is 7.61. The van der Waals surface area contributed by atoms with Crippen molar-refractivity contribution >= 4 is 38.6 Å². The Hall–Kier alpha value is -2.48. The molecule has 1 aliphatic rings. The molecule has 0 radical (unpaired) electrons. The van der Waals surface area contributed by atoms with Crippen LogP contribution < -0.4 is 9.46 Å². The van der Waals surface area contributed by atoms with E-state index in [1.165, 1.54) is 18.2 Å². The molecule has 0 amide bonds. The molecule has 6 nitrogen and oxygen atoms in total. The summed E-state index contributed by atoms with van der Waals surface area (Å²) >= 11 is 1.88. The van der Waals surface area contributed by atoms with Crippen molar-refractivity contribution in [2.24, 2.45) is 0 Å². The van der Waals surface area contributed by atoms with Gasteiger partial charge in [0, 0.05) is 20.6 Å². The Balaban J connectivity index is 1.71. The quantitative estimate of drug-likeness (QED) is 0.336. The average molecular weight is 593 g/mol. The van der Waals surface area contributed by atoms with Crippen molar-refractivity contribution in [2.45, 2.75) is 29.8 Å². The van der Waals surface area contributed by atoms with Crippen LogP contribution in [0.25, 0.3) is 0 Å². The third kappa shape index (κ3) is 4.63. The van der Waals surface area contributed by atoms with Gasteiger partial charge < -0.3 is 4.74 Å². The average Bonchev–Trinajstić information content (AvgIpc) is 2.74. The maximum absolute atomic E-state index is 13.1. The lowest BCUT2D eigenvalue weighted by Gasteiger charge is -2.37. The Morgan fingerprint density at radius 1 is 1.09 bits per heavy atom. The summed E-state index contributed by atoms with van der Waals surface area (Å²) < 4.78 is 86.1. The zero-order valence-electron chi connectivity index (χ0n) is 17.0. The van der Waals surface area contributed by atoms with E-state index in [4.69, 9.17) is 4.74 Å². The number of ether oxygens (including phenoxy) is 1. The summed E-state index contributed by atoms with van der Waals surface area (Å²) in [7, 11) is -4.10. The van der Waals surface area contributed by atoms with Gasteiger partial charge in [0.1, 0.15) is 5.75 Å². The van der Waals surface area contributed by atoms with Gasteiger partial charge in [-0.1, -0.05) is 19.1 Å². The van der Waals surface area contributed by atoms with Gasteiger partial charge in [0.05, 0.1) is 29.5 Å². The van der Waals surface area contributed by atoms with Gasteiger partial charge >= 0.3 is 6.18 Å². The monoisotopic (exact) mass is 593 g/mol. The molecule has 2 heterocycles. The summed E-state index contributed by atoms with van der Waals surface area (Å²) in [5.74, 6) is -0.696. The zero-order chi connectivity index (χ0) is 24.0. The van der Waals surface area contributed by atoms with Crippen LogP contribution in [0.4, 0.5) is 23.5 Å². The third-order valence-corrected chi connectivity index (χ3v) is 7.67. The molecule has 1 atom stereocenters. The van der Waals surface area contributed by atoms with E-state index in [1.807, 2.05) is 29.5 Å². The smallest absolute Gasteiger partial charge is 0.416 e. The molecule has 33 heavy (non-hydrogen) atoms. The van der Waals surface area contributed by atoms with E-state index in [1.54, 1.807) is 6.07 Å². The van der Waals surface area contributed by atoms with Crippen LogP contribution in [0.15, 0.2) is 53.7 Å². The second kappa shape index (κ2) is 8.38. The summed E-state index contributed by atoms with van der Waals surface area (Å²) in [6.45, 7) is 2.14. The van der Waals surface area contributed by atoms with Crippen LogP contribution >= 0.6 is 22.6 Å². The highest BCUT2D eigenvalue weighted by Gasteiger charge is 2.38. The van der Waals surface area contributed by atoms with Crippen molar-refractivity contribution in [3.05, 3.63) is 74.9 Å². The van der Waals surface area contributed by atoms with Crippen LogP contribution in [0, 0.1) is 9.39 Å². The van der Waals surface area contributed by atoms with Crippen molar-refractivity contribution < 1.29 is 30.7 Å². The number of benzene rings is 2. The molecule has 1 aliphatic heterocycles. The van der Waals surface area contributed by atoms with Gasteiger partial charge in [0.25, 0.3) is 10.0 Å². The minimum atomic E-state index is -4.45. The molecular formula is C21H16F4IN3O3S. The summed E-state index contributed by atoms with van der Waals surface area (Å²) in [6.07, 6.45) is -2.29. The van der Waals surface area contributed by atoms with Crippen LogP contribution in [0.5, 0.6) is 5.75 Å². The lowest BCUT2D eigenvalue weighted by atomic mass is 9.72. The molecule has 0 unspecified atom stereocenters. The van der Waals surface area contributed by atoms with Crippen LogP contribution in [-0.2, 0) is 21.6 Å². The predicted molar refractivity (Wildman–Crippen MR) is 120 cm³/mol. The van der Waals surface area contributed by atoms with E-state index in [9.17, 15) is 26.0 Å². The molecule has 12 heteroatoms. The van der Waals surface area contributed by atoms with Gasteiger partial charge in [-0.15, -0.1) is 0 Å². The molecule has 1 N–H and O–H groups in total. The first-order chi connectivity index (χ1) is 15.4. The fraction of sp³-hybridized carbons (Fsp3) is 0.238.